The van der Waals surface area contributed by atoms with Crippen LogP contribution in [0.3, 0.4) is 0 Å². The molecule has 0 spiro atoms. The number of nitrogens with one attached hydrogen (secondary N) is 1. The van der Waals surface area contributed by atoms with Gasteiger partial charge in [0.1, 0.15) is 17.4 Å². The molecule has 1 amide bonds. The SMILES string of the molecule is O=C(NCc1cc(-c2ccccc2)ncn1)c1ccc2nsnc2c1. The van der Waals surface area contributed by atoms with Crippen LogP contribution in [0, 0.1) is 0 Å². The fourth-order valence-corrected chi connectivity index (χ4v) is 2.97. The van der Waals surface area contributed by atoms with Crippen molar-refractivity contribution < 1.29 is 4.79 Å². The zero-order valence-corrected chi connectivity index (χ0v) is 13.9. The number of fused-ring (bicyclic) bond motifs is 1. The van der Waals surface area contributed by atoms with Crippen LogP contribution in [0.4, 0.5) is 0 Å². The molecule has 0 aliphatic rings. The van der Waals surface area contributed by atoms with E-state index in [4.69, 9.17) is 0 Å². The Bertz CT molecular complexity index is 1030. The van der Waals surface area contributed by atoms with Crippen molar-refractivity contribution in [3.8, 4) is 11.3 Å². The van der Waals surface area contributed by atoms with Crippen molar-refractivity contribution in [2.45, 2.75) is 6.54 Å². The van der Waals surface area contributed by atoms with E-state index >= 15 is 0 Å². The lowest BCUT2D eigenvalue weighted by Gasteiger charge is -2.06. The predicted octanol–water partition coefficient (Wildman–Crippen LogP) is 3.08. The van der Waals surface area contributed by atoms with Crippen molar-refractivity contribution in [1.29, 1.82) is 0 Å². The van der Waals surface area contributed by atoms with E-state index in [9.17, 15) is 4.79 Å². The molecule has 2 aromatic carbocycles. The first-order valence-corrected chi connectivity index (χ1v) is 8.39. The molecule has 4 aromatic rings. The van der Waals surface area contributed by atoms with E-state index in [2.05, 4.69) is 24.0 Å². The van der Waals surface area contributed by atoms with Crippen molar-refractivity contribution >= 4 is 28.7 Å². The Morgan fingerprint density at radius 3 is 2.68 bits per heavy atom. The highest BCUT2D eigenvalue weighted by atomic mass is 32.1. The molecule has 4 rings (SSSR count). The number of carbonyl (C=O) groups is 1. The van der Waals surface area contributed by atoms with Gasteiger partial charge in [-0.2, -0.15) is 8.75 Å². The number of rotatable bonds is 4. The van der Waals surface area contributed by atoms with Crippen molar-refractivity contribution in [2.24, 2.45) is 0 Å². The van der Waals surface area contributed by atoms with Gasteiger partial charge in [-0.25, -0.2) is 9.97 Å². The molecule has 122 valence electrons. The van der Waals surface area contributed by atoms with E-state index < -0.39 is 0 Å². The highest BCUT2D eigenvalue weighted by molar-refractivity contribution is 7.00. The van der Waals surface area contributed by atoms with E-state index in [0.29, 0.717) is 12.1 Å². The molecule has 0 bridgehead atoms. The second-order valence-electron chi connectivity index (χ2n) is 5.41. The molecule has 0 saturated carbocycles. The number of nitrogens with zero attached hydrogens (tertiary/aromatic N) is 4. The van der Waals surface area contributed by atoms with Crippen molar-refractivity contribution in [2.75, 3.05) is 0 Å². The molecule has 1 N–H and O–H groups in total. The van der Waals surface area contributed by atoms with Gasteiger partial charge in [0.15, 0.2) is 0 Å². The Morgan fingerprint density at radius 2 is 1.80 bits per heavy atom. The van der Waals surface area contributed by atoms with E-state index in [0.717, 1.165) is 39.7 Å². The van der Waals surface area contributed by atoms with Gasteiger partial charge in [0.05, 0.1) is 29.7 Å². The third-order valence-electron chi connectivity index (χ3n) is 3.74. The van der Waals surface area contributed by atoms with E-state index in [1.165, 1.54) is 6.33 Å². The Labute approximate surface area is 147 Å². The summed E-state index contributed by atoms with van der Waals surface area (Å²) in [5.41, 5.74) is 4.67. The zero-order valence-electron chi connectivity index (χ0n) is 13.1. The maximum absolute atomic E-state index is 12.3. The van der Waals surface area contributed by atoms with Gasteiger partial charge in [0, 0.05) is 11.1 Å². The molecule has 2 heterocycles. The normalized spacial score (nSPS) is 10.7. The maximum atomic E-state index is 12.3. The third kappa shape index (κ3) is 3.36. The molecule has 0 aliphatic carbocycles. The molecule has 0 radical (unpaired) electrons. The number of hydrogen-bond acceptors (Lipinski definition) is 6. The van der Waals surface area contributed by atoms with Crippen LogP contribution in [-0.2, 0) is 6.54 Å². The fourth-order valence-electron chi connectivity index (χ4n) is 2.46. The van der Waals surface area contributed by atoms with Crippen LogP contribution < -0.4 is 5.32 Å². The quantitative estimate of drug-likeness (QED) is 0.613. The lowest BCUT2D eigenvalue weighted by atomic mass is 10.1. The van der Waals surface area contributed by atoms with Gasteiger partial charge < -0.3 is 5.32 Å². The summed E-state index contributed by atoms with van der Waals surface area (Å²) in [4.78, 5) is 20.9. The standard InChI is InChI=1S/C18H13N5OS/c24-18(13-6-7-15-17(8-13)23-25-22-15)19-10-14-9-16(21-11-20-14)12-4-2-1-3-5-12/h1-9,11H,10H2,(H,19,24). The summed E-state index contributed by atoms with van der Waals surface area (Å²) in [6, 6.07) is 17.0. The summed E-state index contributed by atoms with van der Waals surface area (Å²) in [7, 11) is 0. The van der Waals surface area contributed by atoms with Gasteiger partial charge in [-0.1, -0.05) is 30.3 Å². The van der Waals surface area contributed by atoms with Gasteiger partial charge in [-0.15, -0.1) is 0 Å². The molecule has 6 nitrogen and oxygen atoms in total. The van der Waals surface area contributed by atoms with E-state index in [1.807, 2.05) is 36.4 Å². The Balaban J connectivity index is 1.48. The van der Waals surface area contributed by atoms with Crippen LogP contribution in [-0.4, -0.2) is 24.6 Å². The number of carbonyl (C=O) groups excluding carboxylic acids is 1. The van der Waals surface area contributed by atoms with Crippen LogP contribution in [0.15, 0.2) is 60.9 Å². The Morgan fingerprint density at radius 1 is 0.960 bits per heavy atom. The number of hydrogen-bond donors (Lipinski definition) is 1. The largest absolute Gasteiger partial charge is 0.346 e. The summed E-state index contributed by atoms with van der Waals surface area (Å²) < 4.78 is 8.29. The minimum atomic E-state index is -0.172. The Kier molecular flexibility index (Phi) is 4.14. The van der Waals surface area contributed by atoms with E-state index in [-0.39, 0.29) is 5.91 Å². The molecule has 0 unspecified atom stereocenters. The first kappa shape index (κ1) is 15.3. The van der Waals surface area contributed by atoms with Crippen molar-refractivity contribution in [3.63, 3.8) is 0 Å². The molecular weight excluding hydrogens is 334 g/mol. The van der Waals surface area contributed by atoms with Gasteiger partial charge in [0.2, 0.25) is 0 Å². The first-order valence-electron chi connectivity index (χ1n) is 7.66. The second-order valence-corrected chi connectivity index (χ2v) is 5.94. The molecule has 0 aliphatic heterocycles. The molecule has 25 heavy (non-hydrogen) atoms. The summed E-state index contributed by atoms with van der Waals surface area (Å²) in [5.74, 6) is -0.172. The van der Waals surface area contributed by atoms with Gasteiger partial charge in [-0.3, -0.25) is 4.79 Å². The van der Waals surface area contributed by atoms with Crippen LogP contribution in [0.5, 0.6) is 0 Å². The Hall–Kier alpha value is -3.19. The lowest BCUT2D eigenvalue weighted by molar-refractivity contribution is 0.0950. The smallest absolute Gasteiger partial charge is 0.251 e. The molecular formula is C18H13N5OS. The predicted molar refractivity (Wildman–Crippen MR) is 96.1 cm³/mol. The lowest BCUT2D eigenvalue weighted by Crippen LogP contribution is -2.23. The van der Waals surface area contributed by atoms with Crippen LogP contribution in [0.2, 0.25) is 0 Å². The fraction of sp³-hybridized carbons (Fsp3) is 0.0556. The van der Waals surface area contributed by atoms with Gasteiger partial charge >= 0.3 is 0 Å². The third-order valence-corrected chi connectivity index (χ3v) is 4.30. The molecule has 0 atom stereocenters. The molecule has 2 aromatic heterocycles. The maximum Gasteiger partial charge on any atom is 0.251 e. The van der Waals surface area contributed by atoms with Crippen LogP contribution in [0.25, 0.3) is 22.3 Å². The monoisotopic (exact) mass is 347 g/mol. The first-order chi connectivity index (χ1) is 12.3. The average Bonchev–Trinajstić information content (AvgIpc) is 3.15. The van der Waals surface area contributed by atoms with E-state index in [1.54, 1.807) is 18.2 Å². The number of aromatic nitrogens is 4. The summed E-state index contributed by atoms with van der Waals surface area (Å²) in [6.07, 6.45) is 1.51. The zero-order chi connectivity index (χ0) is 17.1. The second kappa shape index (κ2) is 6.74. The minimum absolute atomic E-state index is 0.172. The summed E-state index contributed by atoms with van der Waals surface area (Å²) in [6.45, 7) is 0.328. The molecule has 0 saturated heterocycles. The van der Waals surface area contributed by atoms with Crippen molar-refractivity contribution in [3.05, 3.63) is 72.2 Å². The summed E-state index contributed by atoms with van der Waals surface area (Å²) in [5, 5.41) is 2.88. The average molecular weight is 347 g/mol. The number of amides is 1. The van der Waals surface area contributed by atoms with Gasteiger partial charge in [-0.05, 0) is 24.3 Å². The molecule has 0 fully saturated rings. The number of benzene rings is 2. The molecule has 7 heteroatoms. The minimum Gasteiger partial charge on any atom is -0.346 e. The highest BCUT2D eigenvalue weighted by Crippen LogP contribution is 2.16. The van der Waals surface area contributed by atoms with Crippen LogP contribution >= 0.6 is 11.7 Å². The summed E-state index contributed by atoms with van der Waals surface area (Å²) >= 11 is 1.13. The van der Waals surface area contributed by atoms with Crippen molar-refractivity contribution in [1.82, 2.24) is 24.0 Å². The topological polar surface area (TPSA) is 80.7 Å². The van der Waals surface area contributed by atoms with Gasteiger partial charge in [0.25, 0.3) is 5.91 Å². The highest BCUT2D eigenvalue weighted by Gasteiger charge is 2.09. The van der Waals surface area contributed by atoms with Crippen LogP contribution in [0.1, 0.15) is 16.1 Å².